The average molecular weight is 285 g/mol. The summed E-state index contributed by atoms with van der Waals surface area (Å²) in [5, 5.41) is 3.55. The third kappa shape index (κ3) is 3.28. The molecule has 106 valence electrons. The summed E-state index contributed by atoms with van der Waals surface area (Å²) in [5.74, 6) is -0.275. The zero-order chi connectivity index (χ0) is 14.0. The molecule has 1 N–H and O–H groups in total. The number of rotatable bonds is 2. The van der Waals surface area contributed by atoms with Gasteiger partial charge in [0.1, 0.15) is 5.82 Å². The van der Waals surface area contributed by atoms with E-state index in [-0.39, 0.29) is 22.3 Å². The third-order valence-electron chi connectivity index (χ3n) is 3.61. The minimum Gasteiger partial charge on any atom is -0.314 e. The van der Waals surface area contributed by atoms with Gasteiger partial charge in [-0.2, -0.15) is 0 Å². The summed E-state index contributed by atoms with van der Waals surface area (Å²) in [6.45, 7) is 10.2. The fourth-order valence-electron chi connectivity index (χ4n) is 2.88. The van der Waals surface area contributed by atoms with Crippen LogP contribution in [0.2, 0.25) is 5.02 Å². The van der Waals surface area contributed by atoms with Crippen LogP contribution in [0.25, 0.3) is 0 Å². The zero-order valence-electron chi connectivity index (χ0n) is 11.8. The molecular weight excluding hydrogens is 263 g/mol. The predicted molar refractivity (Wildman–Crippen MR) is 78.0 cm³/mol. The lowest BCUT2D eigenvalue weighted by molar-refractivity contribution is 0.0835. The second-order valence-electron chi connectivity index (χ2n) is 6.20. The highest BCUT2D eigenvalue weighted by atomic mass is 35.5. The first-order valence-corrected chi connectivity index (χ1v) is 7.18. The fourth-order valence-corrected chi connectivity index (χ4v) is 3.06. The van der Waals surface area contributed by atoms with Gasteiger partial charge in [0.15, 0.2) is 0 Å². The van der Waals surface area contributed by atoms with Crippen LogP contribution in [0.4, 0.5) is 4.39 Å². The maximum Gasteiger partial charge on any atom is 0.146 e. The monoisotopic (exact) mass is 284 g/mol. The van der Waals surface area contributed by atoms with Gasteiger partial charge in [0, 0.05) is 37.8 Å². The number of hydrogen-bond donors (Lipinski definition) is 1. The number of nitrogens with one attached hydrogen (secondary N) is 1. The Bertz CT molecular complexity index is 436. The summed E-state index contributed by atoms with van der Waals surface area (Å²) in [7, 11) is 0. The van der Waals surface area contributed by atoms with Crippen LogP contribution in [0, 0.1) is 11.2 Å². The van der Waals surface area contributed by atoms with Crippen molar-refractivity contribution in [2.24, 2.45) is 5.41 Å². The summed E-state index contributed by atoms with van der Waals surface area (Å²) in [5.41, 5.74) is 0.671. The molecule has 0 radical (unpaired) electrons. The second kappa shape index (κ2) is 5.78. The van der Waals surface area contributed by atoms with Gasteiger partial charge in [0.25, 0.3) is 0 Å². The van der Waals surface area contributed by atoms with Crippen molar-refractivity contribution >= 4 is 11.6 Å². The lowest BCUT2D eigenvalue weighted by atomic mass is 9.80. The standard InChI is InChI=1S/C15H22ClFN2/c1-15(2,3)14(19-9-7-18-8-10-19)11-5-4-6-12(16)13(11)17/h4-6,14,18H,7-10H2,1-3H3/t14-/m0/s1. The molecule has 1 atom stereocenters. The lowest BCUT2D eigenvalue weighted by Gasteiger charge is -2.42. The van der Waals surface area contributed by atoms with Crippen LogP contribution in [0.3, 0.4) is 0 Å². The van der Waals surface area contributed by atoms with Crippen LogP contribution >= 0.6 is 11.6 Å². The Morgan fingerprint density at radius 1 is 1.26 bits per heavy atom. The maximum absolute atomic E-state index is 14.4. The fraction of sp³-hybridized carbons (Fsp3) is 0.600. The Kier molecular flexibility index (Phi) is 4.49. The van der Waals surface area contributed by atoms with E-state index in [1.807, 2.05) is 12.1 Å². The molecule has 2 nitrogen and oxygen atoms in total. The summed E-state index contributed by atoms with van der Waals surface area (Å²) in [6.07, 6.45) is 0. The van der Waals surface area contributed by atoms with Crippen molar-refractivity contribution in [2.75, 3.05) is 26.2 Å². The first kappa shape index (κ1) is 14.8. The molecule has 0 bridgehead atoms. The van der Waals surface area contributed by atoms with Crippen LogP contribution < -0.4 is 5.32 Å². The molecule has 1 aromatic carbocycles. The summed E-state index contributed by atoms with van der Waals surface area (Å²) >= 11 is 5.94. The summed E-state index contributed by atoms with van der Waals surface area (Å²) in [4.78, 5) is 2.35. The van der Waals surface area contributed by atoms with Gasteiger partial charge >= 0.3 is 0 Å². The quantitative estimate of drug-likeness (QED) is 0.895. The number of halogens is 2. The summed E-state index contributed by atoms with van der Waals surface area (Å²) < 4.78 is 14.4. The van der Waals surface area contributed by atoms with Crippen LogP contribution in [0.5, 0.6) is 0 Å². The molecule has 0 unspecified atom stereocenters. The molecule has 4 heteroatoms. The van der Waals surface area contributed by atoms with Gasteiger partial charge in [-0.1, -0.05) is 44.5 Å². The van der Waals surface area contributed by atoms with Crippen molar-refractivity contribution in [3.8, 4) is 0 Å². The van der Waals surface area contributed by atoms with Crippen LogP contribution in [-0.2, 0) is 0 Å². The number of benzene rings is 1. The van der Waals surface area contributed by atoms with E-state index in [9.17, 15) is 4.39 Å². The van der Waals surface area contributed by atoms with Crippen molar-refractivity contribution in [3.05, 3.63) is 34.6 Å². The van der Waals surface area contributed by atoms with Crippen molar-refractivity contribution in [1.82, 2.24) is 10.2 Å². The highest BCUT2D eigenvalue weighted by molar-refractivity contribution is 6.30. The molecule has 0 saturated carbocycles. The third-order valence-corrected chi connectivity index (χ3v) is 3.91. The Hall–Kier alpha value is -0.640. The Balaban J connectivity index is 2.40. The van der Waals surface area contributed by atoms with Gasteiger partial charge in [-0.15, -0.1) is 0 Å². The SMILES string of the molecule is CC(C)(C)[C@H](c1cccc(Cl)c1F)N1CCNCC1. The highest BCUT2D eigenvalue weighted by Crippen LogP contribution is 2.40. The largest absolute Gasteiger partial charge is 0.314 e. The van der Waals surface area contributed by atoms with Gasteiger partial charge in [0.05, 0.1) is 5.02 Å². The minimum atomic E-state index is -0.275. The van der Waals surface area contributed by atoms with E-state index in [0.29, 0.717) is 5.56 Å². The van der Waals surface area contributed by atoms with E-state index in [1.165, 1.54) is 0 Å². The Morgan fingerprint density at radius 3 is 2.47 bits per heavy atom. The lowest BCUT2D eigenvalue weighted by Crippen LogP contribution is -2.48. The molecule has 1 aromatic rings. The Morgan fingerprint density at radius 2 is 1.89 bits per heavy atom. The first-order valence-electron chi connectivity index (χ1n) is 6.80. The molecule has 0 amide bonds. The number of piperazine rings is 1. The first-order chi connectivity index (χ1) is 8.91. The zero-order valence-corrected chi connectivity index (χ0v) is 12.6. The molecule has 1 aliphatic heterocycles. The van der Waals surface area contributed by atoms with Crippen LogP contribution in [0.1, 0.15) is 32.4 Å². The molecular formula is C15H22ClFN2. The molecule has 0 aliphatic carbocycles. The molecule has 0 aromatic heterocycles. The molecule has 0 spiro atoms. The van der Waals surface area contributed by atoms with Crippen molar-refractivity contribution < 1.29 is 4.39 Å². The van der Waals surface area contributed by atoms with Crippen molar-refractivity contribution in [2.45, 2.75) is 26.8 Å². The average Bonchev–Trinajstić information content (AvgIpc) is 2.35. The van der Waals surface area contributed by atoms with Gasteiger partial charge in [-0.05, 0) is 11.5 Å². The van der Waals surface area contributed by atoms with Crippen LogP contribution in [-0.4, -0.2) is 31.1 Å². The van der Waals surface area contributed by atoms with Crippen LogP contribution in [0.15, 0.2) is 18.2 Å². The van der Waals surface area contributed by atoms with Gasteiger partial charge in [-0.3, -0.25) is 4.90 Å². The topological polar surface area (TPSA) is 15.3 Å². The maximum atomic E-state index is 14.4. The van der Waals surface area contributed by atoms with Gasteiger partial charge < -0.3 is 5.32 Å². The van der Waals surface area contributed by atoms with E-state index < -0.39 is 0 Å². The van der Waals surface area contributed by atoms with E-state index in [4.69, 9.17) is 11.6 Å². The Labute approximate surface area is 119 Å². The molecule has 1 fully saturated rings. The molecule has 1 saturated heterocycles. The normalized spacial score (nSPS) is 19.4. The van der Waals surface area contributed by atoms with Gasteiger partial charge in [0.2, 0.25) is 0 Å². The number of nitrogens with zero attached hydrogens (tertiary/aromatic N) is 1. The summed E-state index contributed by atoms with van der Waals surface area (Å²) in [6, 6.07) is 5.35. The molecule has 2 rings (SSSR count). The smallest absolute Gasteiger partial charge is 0.146 e. The van der Waals surface area contributed by atoms with E-state index in [0.717, 1.165) is 26.2 Å². The van der Waals surface area contributed by atoms with E-state index in [2.05, 4.69) is 31.0 Å². The molecule has 19 heavy (non-hydrogen) atoms. The minimum absolute atomic E-state index is 0.0388. The van der Waals surface area contributed by atoms with Gasteiger partial charge in [-0.25, -0.2) is 4.39 Å². The van der Waals surface area contributed by atoms with Crippen molar-refractivity contribution in [3.63, 3.8) is 0 Å². The van der Waals surface area contributed by atoms with E-state index in [1.54, 1.807) is 6.07 Å². The second-order valence-corrected chi connectivity index (χ2v) is 6.60. The highest BCUT2D eigenvalue weighted by Gasteiger charge is 2.34. The molecule has 1 heterocycles. The molecule has 1 aliphatic rings. The van der Waals surface area contributed by atoms with Crippen molar-refractivity contribution in [1.29, 1.82) is 0 Å². The van der Waals surface area contributed by atoms with E-state index >= 15 is 0 Å². The number of hydrogen-bond acceptors (Lipinski definition) is 2. The predicted octanol–water partition coefficient (Wildman–Crippen LogP) is 3.47.